The van der Waals surface area contributed by atoms with Crippen molar-refractivity contribution < 1.29 is 18.3 Å². The second-order valence-corrected chi connectivity index (χ2v) is 3.88. The number of hydrogen-bond donors (Lipinski definition) is 2. The molecule has 0 fully saturated rings. The summed E-state index contributed by atoms with van der Waals surface area (Å²) in [5, 5.41) is 0. The van der Waals surface area contributed by atoms with Crippen LogP contribution in [0.1, 0.15) is 24.4 Å². The molecule has 4 nitrogen and oxygen atoms in total. The Morgan fingerprint density at radius 1 is 1.28 bits per heavy atom. The Kier molecular flexibility index (Phi) is 4.72. The zero-order valence-electron chi connectivity index (χ0n) is 9.57. The van der Waals surface area contributed by atoms with Crippen molar-refractivity contribution in [2.45, 2.75) is 25.2 Å². The molecule has 0 saturated heterocycles. The summed E-state index contributed by atoms with van der Waals surface area (Å²) in [6, 6.07) is 4.31. The van der Waals surface area contributed by atoms with Crippen molar-refractivity contribution in [2.24, 2.45) is 11.5 Å². The Morgan fingerprint density at radius 2 is 2.00 bits per heavy atom. The van der Waals surface area contributed by atoms with Crippen molar-refractivity contribution >= 4 is 12.4 Å². The predicted octanol–water partition coefficient (Wildman–Crippen LogP) is 2.17. The second kappa shape index (κ2) is 5.69. The van der Waals surface area contributed by atoms with Crippen molar-refractivity contribution in [3.05, 3.63) is 23.8 Å². The van der Waals surface area contributed by atoms with Crippen molar-refractivity contribution in [2.75, 3.05) is 6.54 Å². The Bertz CT molecular complexity index is 418. The Balaban J connectivity index is 0.00000162. The van der Waals surface area contributed by atoms with E-state index >= 15 is 0 Å². The summed E-state index contributed by atoms with van der Waals surface area (Å²) in [5.41, 5.74) is 11.8. The van der Waals surface area contributed by atoms with Crippen LogP contribution in [0.25, 0.3) is 0 Å². The highest BCUT2D eigenvalue weighted by molar-refractivity contribution is 5.85. The van der Waals surface area contributed by atoms with Gasteiger partial charge in [-0.15, -0.1) is 21.2 Å². The van der Waals surface area contributed by atoms with Gasteiger partial charge in [-0.25, -0.2) is 0 Å². The standard InChI is InChI=1S/C11H14F2N2O2.ClH/c12-11(13)16-9-5-1-3-7(10(9)17-11)8(15)4-2-6-14;/h1,3,5,8H,2,4,6,14-15H2;1H/t8-;/m1./s1. The lowest BCUT2D eigenvalue weighted by molar-refractivity contribution is -0.287. The molecule has 1 aromatic rings. The molecule has 1 aromatic carbocycles. The van der Waals surface area contributed by atoms with Crippen molar-refractivity contribution in [1.82, 2.24) is 0 Å². The van der Waals surface area contributed by atoms with Crippen LogP contribution in [0.4, 0.5) is 8.78 Å². The molecule has 0 aromatic heterocycles. The Hall–Kier alpha value is -1.11. The number of alkyl halides is 2. The summed E-state index contributed by atoms with van der Waals surface area (Å²) in [4.78, 5) is 0. The molecule has 7 heteroatoms. The monoisotopic (exact) mass is 280 g/mol. The van der Waals surface area contributed by atoms with Gasteiger partial charge in [-0.05, 0) is 25.5 Å². The minimum Gasteiger partial charge on any atom is -0.395 e. The Labute approximate surface area is 110 Å². The lowest BCUT2D eigenvalue weighted by Crippen LogP contribution is -2.26. The largest absolute Gasteiger partial charge is 0.586 e. The average Bonchev–Trinajstić information content (AvgIpc) is 2.59. The fourth-order valence-corrected chi connectivity index (χ4v) is 1.78. The van der Waals surface area contributed by atoms with E-state index in [4.69, 9.17) is 11.5 Å². The third-order valence-corrected chi connectivity index (χ3v) is 2.58. The molecule has 0 saturated carbocycles. The fourth-order valence-electron chi connectivity index (χ4n) is 1.78. The molecule has 0 aliphatic carbocycles. The number of ether oxygens (including phenoxy) is 2. The molecule has 4 N–H and O–H groups in total. The van der Waals surface area contributed by atoms with E-state index in [0.29, 0.717) is 18.5 Å². The van der Waals surface area contributed by atoms with Crippen LogP contribution in [0.2, 0.25) is 0 Å². The summed E-state index contributed by atoms with van der Waals surface area (Å²) in [6.07, 6.45) is -2.27. The maximum atomic E-state index is 12.9. The summed E-state index contributed by atoms with van der Waals surface area (Å²) in [6.45, 7) is 0.510. The summed E-state index contributed by atoms with van der Waals surface area (Å²) in [5.74, 6) is 0.0534. The minimum atomic E-state index is -3.61. The molecular formula is C11H15ClF2N2O2. The van der Waals surface area contributed by atoms with E-state index in [1.807, 2.05) is 0 Å². The van der Waals surface area contributed by atoms with E-state index in [1.54, 1.807) is 12.1 Å². The van der Waals surface area contributed by atoms with E-state index in [-0.39, 0.29) is 29.9 Å². The molecule has 102 valence electrons. The van der Waals surface area contributed by atoms with Gasteiger partial charge in [0, 0.05) is 11.6 Å². The van der Waals surface area contributed by atoms with Gasteiger partial charge in [0.15, 0.2) is 11.5 Å². The number of fused-ring (bicyclic) bond motifs is 1. The van der Waals surface area contributed by atoms with Crippen LogP contribution in [0.15, 0.2) is 18.2 Å². The topological polar surface area (TPSA) is 70.5 Å². The number of hydrogen-bond acceptors (Lipinski definition) is 4. The van der Waals surface area contributed by atoms with Gasteiger partial charge in [-0.1, -0.05) is 12.1 Å². The summed E-state index contributed by atoms with van der Waals surface area (Å²) in [7, 11) is 0. The molecule has 1 atom stereocenters. The molecule has 0 radical (unpaired) electrons. The first kappa shape index (κ1) is 14.9. The fraction of sp³-hybridized carbons (Fsp3) is 0.455. The van der Waals surface area contributed by atoms with E-state index in [2.05, 4.69) is 9.47 Å². The predicted molar refractivity (Wildman–Crippen MR) is 65.1 cm³/mol. The van der Waals surface area contributed by atoms with Crippen LogP contribution in [0.3, 0.4) is 0 Å². The average molecular weight is 281 g/mol. The zero-order valence-corrected chi connectivity index (χ0v) is 10.4. The first-order valence-electron chi connectivity index (χ1n) is 5.38. The lowest BCUT2D eigenvalue weighted by Gasteiger charge is -2.13. The molecule has 0 spiro atoms. The van der Waals surface area contributed by atoms with E-state index in [0.717, 1.165) is 6.42 Å². The number of halogens is 3. The smallest absolute Gasteiger partial charge is 0.395 e. The molecule has 0 bridgehead atoms. The third-order valence-electron chi connectivity index (χ3n) is 2.58. The molecule has 1 aliphatic heterocycles. The maximum Gasteiger partial charge on any atom is 0.586 e. The van der Waals surface area contributed by atoms with Crippen molar-refractivity contribution in [1.29, 1.82) is 0 Å². The highest BCUT2D eigenvalue weighted by atomic mass is 35.5. The number of nitrogens with two attached hydrogens (primary N) is 2. The molecular weight excluding hydrogens is 266 g/mol. The molecule has 18 heavy (non-hydrogen) atoms. The van der Waals surface area contributed by atoms with Crippen LogP contribution >= 0.6 is 12.4 Å². The molecule has 2 rings (SSSR count). The normalized spacial score (nSPS) is 17.1. The van der Waals surface area contributed by atoms with Gasteiger partial charge < -0.3 is 20.9 Å². The SMILES string of the molecule is Cl.NCCC[C@@H](N)c1cccc2c1OC(F)(F)O2. The minimum absolute atomic E-state index is 0. The van der Waals surface area contributed by atoms with E-state index in [1.165, 1.54) is 6.07 Å². The summed E-state index contributed by atoms with van der Waals surface area (Å²) >= 11 is 0. The van der Waals surface area contributed by atoms with Crippen LogP contribution in [0, 0.1) is 0 Å². The third kappa shape index (κ3) is 3.01. The van der Waals surface area contributed by atoms with E-state index < -0.39 is 6.29 Å². The van der Waals surface area contributed by atoms with Crippen LogP contribution in [-0.2, 0) is 0 Å². The Morgan fingerprint density at radius 3 is 2.67 bits per heavy atom. The van der Waals surface area contributed by atoms with E-state index in [9.17, 15) is 8.78 Å². The highest BCUT2D eigenvalue weighted by Gasteiger charge is 2.44. The van der Waals surface area contributed by atoms with Crippen LogP contribution in [-0.4, -0.2) is 12.8 Å². The van der Waals surface area contributed by atoms with Gasteiger partial charge in [0.05, 0.1) is 0 Å². The number of benzene rings is 1. The highest BCUT2D eigenvalue weighted by Crippen LogP contribution is 2.45. The second-order valence-electron chi connectivity index (χ2n) is 3.88. The zero-order chi connectivity index (χ0) is 12.5. The first-order valence-corrected chi connectivity index (χ1v) is 5.38. The molecule has 1 heterocycles. The maximum absolute atomic E-state index is 12.9. The van der Waals surface area contributed by atoms with Gasteiger partial charge in [0.25, 0.3) is 0 Å². The lowest BCUT2D eigenvalue weighted by atomic mass is 10.0. The molecule has 1 aliphatic rings. The van der Waals surface area contributed by atoms with Gasteiger partial charge in [0.1, 0.15) is 0 Å². The number of rotatable bonds is 4. The van der Waals surface area contributed by atoms with Gasteiger partial charge in [-0.2, -0.15) is 0 Å². The van der Waals surface area contributed by atoms with Crippen LogP contribution in [0.5, 0.6) is 11.5 Å². The number of para-hydroxylation sites is 1. The molecule has 0 amide bonds. The van der Waals surface area contributed by atoms with Crippen molar-refractivity contribution in [3.63, 3.8) is 0 Å². The van der Waals surface area contributed by atoms with Gasteiger partial charge in [-0.3, -0.25) is 0 Å². The van der Waals surface area contributed by atoms with Gasteiger partial charge >= 0.3 is 6.29 Å². The van der Waals surface area contributed by atoms with Crippen LogP contribution < -0.4 is 20.9 Å². The first-order chi connectivity index (χ1) is 8.03. The molecule has 0 unspecified atom stereocenters. The van der Waals surface area contributed by atoms with Crippen molar-refractivity contribution in [3.8, 4) is 11.5 Å². The quantitative estimate of drug-likeness (QED) is 0.887. The summed E-state index contributed by atoms with van der Waals surface area (Å²) < 4.78 is 34.7. The van der Waals surface area contributed by atoms with Gasteiger partial charge in [0.2, 0.25) is 0 Å².